The Bertz CT molecular complexity index is 1310. The molecule has 0 saturated heterocycles. The summed E-state index contributed by atoms with van der Waals surface area (Å²) in [5, 5.41) is 13.7. The molecule has 0 radical (unpaired) electrons. The van der Waals surface area contributed by atoms with Crippen molar-refractivity contribution in [3.63, 3.8) is 0 Å². The van der Waals surface area contributed by atoms with Crippen molar-refractivity contribution in [3.8, 4) is 11.3 Å². The molecule has 3 N–H and O–H groups in total. The van der Waals surface area contributed by atoms with Gasteiger partial charge in [0.25, 0.3) is 0 Å². The molecule has 4 rings (SSSR count). The molecule has 8 nitrogen and oxygen atoms in total. The summed E-state index contributed by atoms with van der Waals surface area (Å²) in [6.45, 7) is 3.38. The van der Waals surface area contributed by atoms with Gasteiger partial charge in [0.05, 0.1) is 17.0 Å². The molecular weight excluding hydrogens is 429 g/mol. The van der Waals surface area contributed by atoms with Gasteiger partial charge in [-0.1, -0.05) is 17.3 Å². The number of rotatable bonds is 5. The second kappa shape index (κ2) is 8.34. The molecule has 0 saturated carbocycles. The lowest BCUT2D eigenvalue weighted by atomic mass is 9.85. The smallest absolute Gasteiger partial charge is 0.333 e. The Labute approximate surface area is 188 Å². The average molecular weight is 449 g/mol. The van der Waals surface area contributed by atoms with Crippen LogP contribution < -0.4 is 10.6 Å². The Morgan fingerprint density at radius 1 is 1.18 bits per heavy atom. The van der Waals surface area contributed by atoms with E-state index in [4.69, 9.17) is 10.3 Å². The first-order chi connectivity index (χ1) is 15.7. The number of primary amides is 1. The van der Waals surface area contributed by atoms with E-state index in [9.17, 15) is 23.9 Å². The molecule has 2 heterocycles. The van der Waals surface area contributed by atoms with Crippen LogP contribution in [-0.4, -0.2) is 28.0 Å². The molecule has 0 spiro atoms. The lowest BCUT2D eigenvalue weighted by Gasteiger charge is -2.31. The fourth-order valence-electron chi connectivity index (χ4n) is 3.93. The summed E-state index contributed by atoms with van der Waals surface area (Å²) < 4.78 is 18.7. The van der Waals surface area contributed by atoms with Crippen LogP contribution in [0.15, 0.2) is 58.8 Å². The Hall–Kier alpha value is -4.27. The van der Waals surface area contributed by atoms with Gasteiger partial charge in [0, 0.05) is 35.7 Å². The quantitative estimate of drug-likeness (QED) is 0.612. The molecule has 0 aliphatic carbocycles. The minimum absolute atomic E-state index is 0.0301. The Kier molecular flexibility index (Phi) is 5.55. The van der Waals surface area contributed by atoms with Gasteiger partial charge in [-0.2, -0.15) is 0 Å². The van der Waals surface area contributed by atoms with Crippen LogP contribution in [0.25, 0.3) is 11.3 Å². The molecule has 0 unspecified atom stereocenters. The van der Waals surface area contributed by atoms with Crippen LogP contribution in [0.3, 0.4) is 0 Å². The van der Waals surface area contributed by atoms with Crippen molar-refractivity contribution in [2.24, 2.45) is 5.73 Å². The van der Waals surface area contributed by atoms with Gasteiger partial charge in [0.1, 0.15) is 5.82 Å². The van der Waals surface area contributed by atoms with Gasteiger partial charge in [-0.15, -0.1) is 0 Å². The number of carboxylic acid groups (broad SMARTS) is 1. The van der Waals surface area contributed by atoms with Crippen molar-refractivity contribution in [3.05, 3.63) is 82.4 Å². The van der Waals surface area contributed by atoms with Gasteiger partial charge in [0.2, 0.25) is 11.8 Å². The number of carbonyl (C=O) groups is 3. The maximum Gasteiger partial charge on any atom is 0.333 e. The zero-order valence-electron chi connectivity index (χ0n) is 17.8. The molecular formula is C24H20FN3O5. The van der Waals surface area contributed by atoms with E-state index in [1.165, 1.54) is 41.4 Å². The topological polar surface area (TPSA) is 127 Å². The van der Waals surface area contributed by atoms with Gasteiger partial charge in [0.15, 0.2) is 5.76 Å². The number of nitrogens with two attached hydrogens (primary N) is 1. The van der Waals surface area contributed by atoms with Gasteiger partial charge in [-0.05, 0) is 49.2 Å². The zero-order chi connectivity index (χ0) is 23.9. The number of anilines is 1. The highest BCUT2D eigenvalue weighted by molar-refractivity contribution is 6.06. The number of aromatic nitrogens is 1. The number of hydrogen-bond donors (Lipinski definition) is 2. The van der Waals surface area contributed by atoms with E-state index < -0.39 is 23.6 Å². The summed E-state index contributed by atoms with van der Waals surface area (Å²) in [5.74, 6) is -3.14. The molecule has 0 fully saturated rings. The predicted octanol–water partition coefficient (Wildman–Crippen LogP) is 3.69. The van der Waals surface area contributed by atoms with Crippen LogP contribution in [0.2, 0.25) is 0 Å². The standard InChI is InChI=1S/C24H20FN3O5/c1-12-7-20(18(9-16(12)23(26)30)21-8-13(2)27-33-21)28-11-19(24(31)32)17(10-22(28)29)14-3-5-15(25)6-4-14/h3-9,11,17H,10H2,1-2H3,(H2,26,30)(H,31,32)/t17-/m0/s1. The summed E-state index contributed by atoms with van der Waals surface area (Å²) in [6.07, 6.45) is 1.11. The average Bonchev–Trinajstić information content (AvgIpc) is 3.19. The Morgan fingerprint density at radius 2 is 1.88 bits per heavy atom. The SMILES string of the molecule is Cc1cc(-c2cc(C(N)=O)c(C)cc2N2C=C(C(=O)O)[C@H](c3ccc(F)cc3)CC2=O)on1. The lowest BCUT2D eigenvalue weighted by Crippen LogP contribution is -2.34. The van der Waals surface area contributed by atoms with Crippen LogP contribution in [0.5, 0.6) is 0 Å². The number of benzene rings is 2. The van der Waals surface area contributed by atoms with Crippen molar-refractivity contribution < 1.29 is 28.4 Å². The highest BCUT2D eigenvalue weighted by Gasteiger charge is 2.34. The van der Waals surface area contributed by atoms with Gasteiger partial charge in [-0.25, -0.2) is 9.18 Å². The van der Waals surface area contributed by atoms with Crippen molar-refractivity contribution in [1.82, 2.24) is 5.16 Å². The monoisotopic (exact) mass is 449 g/mol. The van der Waals surface area contributed by atoms with E-state index in [1.807, 2.05) is 0 Å². The zero-order valence-corrected chi connectivity index (χ0v) is 17.8. The maximum atomic E-state index is 13.4. The minimum atomic E-state index is -1.20. The number of aryl methyl sites for hydroxylation is 2. The second-order valence-electron chi connectivity index (χ2n) is 7.84. The van der Waals surface area contributed by atoms with Gasteiger partial charge < -0.3 is 15.4 Å². The van der Waals surface area contributed by atoms with E-state index in [0.717, 1.165) is 0 Å². The van der Waals surface area contributed by atoms with Crippen molar-refractivity contribution in [2.75, 3.05) is 4.90 Å². The second-order valence-corrected chi connectivity index (χ2v) is 7.84. The molecule has 1 aromatic heterocycles. The Morgan fingerprint density at radius 3 is 2.45 bits per heavy atom. The van der Waals surface area contributed by atoms with E-state index in [0.29, 0.717) is 33.8 Å². The van der Waals surface area contributed by atoms with E-state index in [-0.39, 0.29) is 23.5 Å². The van der Waals surface area contributed by atoms with Crippen LogP contribution >= 0.6 is 0 Å². The maximum absolute atomic E-state index is 13.4. The Balaban J connectivity index is 1.88. The van der Waals surface area contributed by atoms with Crippen molar-refractivity contribution >= 4 is 23.5 Å². The highest BCUT2D eigenvalue weighted by atomic mass is 19.1. The molecule has 1 atom stereocenters. The predicted molar refractivity (Wildman–Crippen MR) is 117 cm³/mol. The molecule has 3 aromatic rings. The third-order valence-electron chi connectivity index (χ3n) is 5.57. The minimum Gasteiger partial charge on any atom is -0.478 e. The summed E-state index contributed by atoms with van der Waals surface area (Å²) in [7, 11) is 0. The molecule has 0 bridgehead atoms. The molecule has 2 amide bonds. The number of halogens is 1. The molecule has 2 aromatic carbocycles. The molecule has 1 aliphatic rings. The van der Waals surface area contributed by atoms with Crippen LogP contribution in [0.1, 0.15) is 39.5 Å². The fourth-order valence-corrected chi connectivity index (χ4v) is 3.93. The first-order valence-corrected chi connectivity index (χ1v) is 10.1. The molecule has 9 heteroatoms. The fraction of sp³-hybridized carbons (Fsp3) is 0.167. The van der Waals surface area contributed by atoms with Crippen LogP contribution in [0, 0.1) is 19.7 Å². The highest BCUT2D eigenvalue weighted by Crippen LogP contribution is 2.40. The lowest BCUT2D eigenvalue weighted by molar-refractivity contribution is -0.133. The number of amides is 2. The molecule has 1 aliphatic heterocycles. The van der Waals surface area contributed by atoms with Crippen LogP contribution in [0.4, 0.5) is 10.1 Å². The van der Waals surface area contributed by atoms with Gasteiger partial charge in [-0.3, -0.25) is 14.5 Å². The first-order valence-electron chi connectivity index (χ1n) is 10.1. The van der Waals surface area contributed by atoms with E-state index in [2.05, 4.69) is 5.16 Å². The number of aliphatic carboxylic acids is 1. The first kappa shape index (κ1) is 21.9. The number of hydrogen-bond acceptors (Lipinski definition) is 5. The summed E-state index contributed by atoms with van der Waals surface area (Å²) >= 11 is 0. The summed E-state index contributed by atoms with van der Waals surface area (Å²) in [5.41, 5.74) is 8.01. The van der Waals surface area contributed by atoms with Gasteiger partial charge >= 0.3 is 5.97 Å². The van der Waals surface area contributed by atoms with Crippen LogP contribution in [-0.2, 0) is 9.59 Å². The number of carbonyl (C=O) groups excluding carboxylic acids is 2. The molecule has 168 valence electrons. The van der Waals surface area contributed by atoms with E-state index >= 15 is 0 Å². The van der Waals surface area contributed by atoms with E-state index in [1.54, 1.807) is 26.0 Å². The third kappa shape index (κ3) is 4.12. The largest absolute Gasteiger partial charge is 0.478 e. The summed E-state index contributed by atoms with van der Waals surface area (Å²) in [6, 6.07) is 10.1. The number of nitrogens with zero attached hydrogens (tertiary/aromatic N) is 2. The van der Waals surface area contributed by atoms with Crippen molar-refractivity contribution in [2.45, 2.75) is 26.2 Å². The molecule has 33 heavy (non-hydrogen) atoms. The number of carboxylic acids is 1. The normalized spacial score (nSPS) is 16.0. The van der Waals surface area contributed by atoms with Crippen molar-refractivity contribution in [1.29, 1.82) is 0 Å². The third-order valence-corrected chi connectivity index (χ3v) is 5.57. The summed E-state index contributed by atoms with van der Waals surface area (Å²) in [4.78, 5) is 38.4.